The molecule has 1 fully saturated rings. The van der Waals surface area contributed by atoms with Crippen LogP contribution < -0.4 is 5.32 Å². The van der Waals surface area contributed by atoms with Gasteiger partial charge in [0.05, 0.1) is 0 Å². The standard InChI is InChI=1S/C15H31N/c1-3-4-5-6-7-10-13-16-14-15(2)11-8-9-12-15/h16H,3-14H2,1-2H3. The molecule has 0 aromatic heterocycles. The van der Waals surface area contributed by atoms with Crippen molar-refractivity contribution in [3.63, 3.8) is 0 Å². The Balaban J connectivity index is 1.84. The van der Waals surface area contributed by atoms with E-state index in [1.807, 2.05) is 0 Å². The predicted octanol–water partition coefficient (Wildman–Crippen LogP) is 4.52. The maximum atomic E-state index is 3.66. The van der Waals surface area contributed by atoms with Crippen LogP contribution in [0.15, 0.2) is 0 Å². The molecule has 0 aliphatic heterocycles. The Labute approximate surface area is 102 Å². The van der Waals surface area contributed by atoms with Crippen molar-refractivity contribution in [2.75, 3.05) is 13.1 Å². The van der Waals surface area contributed by atoms with Gasteiger partial charge >= 0.3 is 0 Å². The molecule has 0 bridgehead atoms. The monoisotopic (exact) mass is 225 g/mol. The Bertz CT molecular complexity index is 159. The molecule has 1 aliphatic rings. The summed E-state index contributed by atoms with van der Waals surface area (Å²) in [7, 11) is 0. The Kier molecular flexibility index (Phi) is 7.11. The van der Waals surface area contributed by atoms with Crippen molar-refractivity contribution in [2.24, 2.45) is 5.41 Å². The van der Waals surface area contributed by atoms with Crippen molar-refractivity contribution >= 4 is 0 Å². The van der Waals surface area contributed by atoms with Crippen LogP contribution in [0.2, 0.25) is 0 Å². The fraction of sp³-hybridized carbons (Fsp3) is 1.00. The molecule has 16 heavy (non-hydrogen) atoms. The van der Waals surface area contributed by atoms with Gasteiger partial charge in [0, 0.05) is 6.54 Å². The summed E-state index contributed by atoms with van der Waals surface area (Å²) in [5.41, 5.74) is 0.627. The molecule has 0 spiro atoms. The highest BCUT2D eigenvalue weighted by Gasteiger charge is 2.27. The van der Waals surface area contributed by atoms with Gasteiger partial charge < -0.3 is 5.32 Å². The normalized spacial score (nSPS) is 19.1. The topological polar surface area (TPSA) is 12.0 Å². The SMILES string of the molecule is CCCCCCCCNCC1(C)CCCC1. The zero-order valence-corrected chi connectivity index (χ0v) is 11.5. The summed E-state index contributed by atoms with van der Waals surface area (Å²) >= 11 is 0. The highest BCUT2D eigenvalue weighted by Crippen LogP contribution is 2.36. The molecule has 0 aromatic rings. The number of hydrogen-bond acceptors (Lipinski definition) is 1. The molecule has 0 unspecified atom stereocenters. The molecule has 0 aromatic carbocycles. The lowest BCUT2D eigenvalue weighted by molar-refractivity contribution is 0.314. The molecule has 0 saturated heterocycles. The van der Waals surface area contributed by atoms with E-state index >= 15 is 0 Å². The second-order valence-electron chi connectivity index (χ2n) is 5.96. The second kappa shape index (κ2) is 8.11. The summed E-state index contributed by atoms with van der Waals surface area (Å²) in [6.45, 7) is 7.22. The zero-order valence-electron chi connectivity index (χ0n) is 11.5. The molecule has 0 atom stereocenters. The van der Waals surface area contributed by atoms with Crippen LogP contribution >= 0.6 is 0 Å². The van der Waals surface area contributed by atoms with Gasteiger partial charge in [0.25, 0.3) is 0 Å². The third-order valence-corrected chi connectivity index (χ3v) is 4.07. The van der Waals surface area contributed by atoms with Gasteiger partial charge in [0.15, 0.2) is 0 Å². The van der Waals surface area contributed by atoms with E-state index < -0.39 is 0 Å². The number of rotatable bonds is 9. The molecule has 1 nitrogen and oxygen atoms in total. The van der Waals surface area contributed by atoms with Crippen LogP contribution in [0.3, 0.4) is 0 Å². The number of unbranched alkanes of at least 4 members (excludes halogenated alkanes) is 5. The molecule has 0 amide bonds. The highest BCUT2D eigenvalue weighted by molar-refractivity contribution is 4.82. The van der Waals surface area contributed by atoms with Crippen LogP contribution in [0, 0.1) is 5.41 Å². The van der Waals surface area contributed by atoms with E-state index in [4.69, 9.17) is 0 Å². The van der Waals surface area contributed by atoms with Crippen molar-refractivity contribution in [1.82, 2.24) is 5.32 Å². The fourth-order valence-electron chi connectivity index (χ4n) is 2.83. The smallest absolute Gasteiger partial charge is 0.000516 e. The van der Waals surface area contributed by atoms with Gasteiger partial charge in [-0.05, 0) is 31.2 Å². The van der Waals surface area contributed by atoms with E-state index in [-0.39, 0.29) is 0 Å². The molecule has 1 N–H and O–H groups in total. The van der Waals surface area contributed by atoms with Crippen LogP contribution in [0.4, 0.5) is 0 Å². The van der Waals surface area contributed by atoms with E-state index in [2.05, 4.69) is 19.2 Å². The Morgan fingerprint density at radius 3 is 2.25 bits per heavy atom. The highest BCUT2D eigenvalue weighted by atomic mass is 14.9. The minimum absolute atomic E-state index is 0.627. The van der Waals surface area contributed by atoms with E-state index in [0.717, 1.165) is 0 Å². The molecule has 0 radical (unpaired) electrons. The molecular formula is C15H31N. The molecule has 1 aliphatic carbocycles. The summed E-state index contributed by atoms with van der Waals surface area (Å²) in [4.78, 5) is 0. The van der Waals surface area contributed by atoms with E-state index in [1.54, 1.807) is 0 Å². The number of nitrogens with one attached hydrogen (secondary N) is 1. The van der Waals surface area contributed by atoms with Gasteiger partial charge in [-0.25, -0.2) is 0 Å². The summed E-state index contributed by atoms with van der Waals surface area (Å²) in [5.74, 6) is 0. The fourth-order valence-corrected chi connectivity index (χ4v) is 2.83. The van der Waals surface area contributed by atoms with Crippen LogP contribution in [0.5, 0.6) is 0 Å². The van der Waals surface area contributed by atoms with Crippen LogP contribution in [-0.4, -0.2) is 13.1 Å². The van der Waals surface area contributed by atoms with Gasteiger partial charge in [-0.15, -0.1) is 0 Å². The van der Waals surface area contributed by atoms with Crippen LogP contribution in [0.25, 0.3) is 0 Å². The third kappa shape index (κ3) is 5.89. The average molecular weight is 225 g/mol. The summed E-state index contributed by atoms with van der Waals surface area (Å²) in [6, 6.07) is 0. The van der Waals surface area contributed by atoms with Gasteiger partial charge in [-0.2, -0.15) is 0 Å². The lowest BCUT2D eigenvalue weighted by Gasteiger charge is -2.23. The Hall–Kier alpha value is -0.0400. The molecule has 1 saturated carbocycles. The van der Waals surface area contributed by atoms with Crippen molar-refractivity contribution < 1.29 is 0 Å². The van der Waals surface area contributed by atoms with Crippen LogP contribution in [-0.2, 0) is 0 Å². The summed E-state index contributed by atoms with van der Waals surface area (Å²) in [6.07, 6.45) is 14.2. The summed E-state index contributed by atoms with van der Waals surface area (Å²) < 4.78 is 0. The van der Waals surface area contributed by atoms with Crippen molar-refractivity contribution in [3.05, 3.63) is 0 Å². The van der Waals surface area contributed by atoms with Crippen molar-refractivity contribution in [3.8, 4) is 0 Å². The van der Waals surface area contributed by atoms with Crippen LogP contribution in [0.1, 0.15) is 78.1 Å². The van der Waals surface area contributed by atoms with Gasteiger partial charge in [-0.3, -0.25) is 0 Å². The minimum Gasteiger partial charge on any atom is -0.316 e. The van der Waals surface area contributed by atoms with E-state index in [1.165, 1.54) is 77.3 Å². The Morgan fingerprint density at radius 1 is 0.938 bits per heavy atom. The largest absolute Gasteiger partial charge is 0.316 e. The second-order valence-corrected chi connectivity index (χ2v) is 5.96. The molecular weight excluding hydrogens is 194 g/mol. The first kappa shape index (κ1) is 14.0. The predicted molar refractivity (Wildman–Crippen MR) is 72.8 cm³/mol. The lowest BCUT2D eigenvalue weighted by atomic mass is 9.89. The average Bonchev–Trinajstić information content (AvgIpc) is 2.70. The summed E-state index contributed by atoms with van der Waals surface area (Å²) in [5, 5.41) is 3.66. The quantitative estimate of drug-likeness (QED) is 0.569. The van der Waals surface area contributed by atoms with Gasteiger partial charge in [-0.1, -0.05) is 58.8 Å². The number of hydrogen-bond donors (Lipinski definition) is 1. The first-order chi connectivity index (χ1) is 7.77. The first-order valence-corrected chi connectivity index (χ1v) is 7.47. The molecule has 1 rings (SSSR count). The lowest BCUT2D eigenvalue weighted by Crippen LogP contribution is -2.30. The molecule has 0 heterocycles. The van der Waals surface area contributed by atoms with E-state index in [0.29, 0.717) is 5.41 Å². The maximum absolute atomic E-state index is 3.66. The van der Waals surface area contributed by atoms with Gasteiger partial charge in [0.1, 0.15) is 0 Å². The molecule has 1 heteroatoms. The first-order valence-electron chi connectivity index (χ1n) is 7.47. The molecule has 96 valence electrons. The zero-order chi connectivity index (χ0) is 11.7. The Morgan fingerprint density at radius 2 is 1.56 bits per heavy atom. The maximum Gasteiger partial charge on any atom is 0.000516 e. The minimum atomic E-state index is 0.627. The van der Waals surface area contributed by atoms with Gasteiger partial charge in [0.2, 0.25) is 0 Å². The van der Waals surface area contributed by atoms with Crippen molar-refractivity contribution in [2.45, 2.75) is 78.1 Å². The van der Waals surface area contributed by atoms with E-state index in [9.17, 15) is 0 Å². The third-order valence-electron chi connectivity index (χ3n) is 4.07. The van der Waals surface area contributed by atoms with Crippen molar-refractivity contribution in [1.29, 1.82) is 0 Å².